The highest BCUT2D eigenvalue weighted by molar-refractivity contribution is 7.89. The monoisotopic (exact) mass is 406 g/mol. The van der Waals surface area contributed by atoms with Crippen LogP contribution in [0.3, 0.4) is 0 Å². The van der Waals surface area contributed by atoms with Gasteiger partial charge in [-0.3, -0.25) is 4.79 Å². The van der Waals surface area contributed by atoms with Crippen LogP contribution in [0.2, 0.25) is 15.1 Å². The molecule has 0 aliphatic rings. The van der Waals surface area contributed by atoms with Crippen molar-refractivity contribution in [1.82, 2.24) is 5.32 Å². The number of amides is 1. The Morgan fingerprint density at radius 2 is 1.75 bits per heavy atom. The van der Waals surface area contributed by atoms with E-state index in [0.717, 1.165) is 11.6 Å². The minimum Gasteiger partial charge on any atom is -0.352 e. The number of benzene rings is 2. The molecule has 9 heteroatoms. The molecule has 24 heavy (non-hydrogen) atoms. The molecule has 128 valence electrons. The van der Waals surface area contributed by atoms with E-state index < -0.39 is 15.9 Å². The van der Waals surface area contributed by atoms with Crippen molar-refractivity contribution in [2.45, 2.75) is 11.3 Å². The lowest BCUT2D eigenvalue weighted by atomic mass is 10.1. The molecule has 0 aromatic heterocycles. The zero-order valence-corrected chi connectivity index (χ0v) is 15.3. The van der Waals surface area contributed by atoms with Gasteiger partial charge in [-0.25, -0.2) is 13.6 Å². The Balaban J connectivity index is 2.05. The van der Waals surface area contributed by atoms with Gasteiger partial charge in [-0.2, -0.15) is 0 Å². The van der Waals surface area contributed by atoms with Crippen LogP contribution < -0.4 is 10.5 Å². The van der Waals surface area contributed by atoms with Gasteiger partial charge in [0.15, 0.2) is 0 Å². The normalized spacial score (nSPS) is 11.3. The predicted octanol–water partition coefficient (Wildman–Crippen LogP) is 3.27. The summed E-state index contributed by atoms with van der Waals surface area (Å²) >= 11 is 17.7. The van der Waals surface area contributed by atoms with Crippen molar-refractivity contribution in [2.24, 2.45) is 5.14 Å². The summed E-state index contributed by atoms with van der Waals surface area (Å²) in [6.07, 6.45) is 0.497. The SMILES string of the molecule is NS(=O)(=O)c1cc(C(=O)NCCc2ccc(Cl)cc2Cl)ccc1Cl. The number of nitrogens with one attached hydrogen (secondary N) is 1. The molecule has 2 aromatic rings. The molecule has 3 N–H and O–H groups in total. The number of sulfonamides is 1. The van der Waals surface area contributed by atoms with Crippen molar-refractivity contribution >= 4 is 50.7 Å². The lowest BCUT2D eigenvalue weighted by Crippen LogP contribution is -2.26. The average Bonchev–Trinajstić information content (AvgIpc) is 2.48. The molecular weight excluding hydrogens is 395 g/mol. The summed E-state index contributed by atoms with van der Waals surface area (Å²) in [4.78, 5) is 11.8. The predicted molar refractivity (Wildman–Crippen MR) is 95.3 cm³/mol. The molecule has 2 aromatic carbocycles. The van der Waals surface area contributed by atoms with E-state index in [-0.39, 0.29) is 15.5 Å². The van der Waals surface area contributed by atoms with Gasteiger partial charge in [0.05, 0.1) is 5.02 Å². The topological polar surface area (TPSA) is 89.3 Å². The molecule has 5 nitrogen and oxygen atoms in total. The Morgan fingerprint density at radius 3 is 2.38 bits per heavy atom. The van der Waals surface area contributed by atoms with Crippen LogP contribution in [0.1, 0.15) is 15.9 Å². The third-order valence-corrected chi connectivity index (χ3v) is 5.17. The first-order valence-electron chi connectivity index (χ1n) is 6.73. The van der Waals surface area contributed by atoms with Crippen LogP contribution in [0.25, 0.3) is 0 Å². The Labute approximate surface area is 154 Å². The van der Waals surface area contributed by atoms with Crippen LogP contribution in [0, 0.1) is 0 Å². The maximum Gasteiger partial charge on any atom is 0.251 e. The molecule has 0 aliphatic carbocycles. The summed E-state index contributed by atoms with van der Waals surface area (Å²) in [7, 11) is -4.00. The fourth-order valence-corrected chi connectivity index (χ4v) is 3.57. The van der Waals surface area contributed by atoms with Crippen LogP contribution >= 0.6 is 34.8 Å². The Morgan fingerprint density at radius 1 is 1.04 bits per heavy atom. The highest BCUT2D eigenvalue weighted by atomic mass is 35.5. The summed E-state index contributed by atoms with van der Waals surface area (Å²) in [6, 6.07) is 8.98. The third kappa shape index (κ3) is 4.84. The molecule has 0 saturated heterocycles. The number of carbonyl (C=O) groups is 1. The maximum atomic E-state index is 12.1. The molecule has 0 bridgehead atoms. The smallest absolute Gasteiger partial charge is 0.251 e. The number of hydrogen-bond acceptors (Lipinski definition) is 3. The van der Waals surface area contributed by atoms with Gasteiger partial charge in [-0.15, -0.1) is 0 Å². The zero-order chi connectivity index (χ0) is 17.9. The van der Waals surface area contributed by atoms with Gasteiger partial charge in [0.25, 0.3) is 5.91 Å². The summed E-state index contributed by atoms with van der Waals surface area (Å²) in [5.74, 6) is -0.443. The second-order valence-corrected chi connectivity index (χ2v) is 7.71. The van der Waals surface area contributed by atoms with E-state index >= 15 is 0 Å². The van der Waals surface area contributed by atoms with Gasteiger partial charge >= 0.3 is 0 Å². The summed E-state index contributed by atoms with van der Waals surface area (Å²) in [5, 5.41) is 8.75. The van der Waals surface area contributed by atoms with E-state index in [0.29, 0.717) is 23.0 Å². The second kappa shape index (κ2) is 7.72. The van der Waals surface area contributed by atoms with E-state index in [1.165, 1.54) is 12.1 Å². The number of carbonyl (C=O) groups excluding carboxylic acids is 1. The lowest BCUT2D eigenvalue weighted by Gasteiger charge is -2.09. The van der Waals surface area contributed by atoms with Crippen molar-refractivity contribution in [3.05, 3.63) is 62.6 Å². The average molecular weight is 408 g/mol. The zero-order valence-electron chi connectivity index (χ0n) is 12.2. The largest absolute Gasteiger partial charge is 0.352 e. The fourth-order valence-electron chi connectivity index (χ4n) is 2.00. The molecule has 0 radical (unpaired) electrons. The Hall–Kier alpha value is -1.31. The summed E-state index contributed by atoms with van der Waals surface area (Å²) in [6.45, 7) is 0.313. The summed E-state index contributed by atoms with van der Waals surface area (Å²) < 4.78 is 22.9. The number of hydrogen-bond donors (Lipinski definition) is 2. The first-order chi connectivity index (χ1) is 11.2. The van der Waals surface area contributed by atoms with Crippen molar-refractivity contribution < 1.29 is 13.2 Å². The number of rotatable bonds is 5. The van der Waals surface area contributed by atoms with E-state index in [4.69, 9.17) is 39.9 Å². The first-order valence-corrected chi connectivity index (χ1v) is 9.41. The highest BCUT2D eigenvalue weighted by Gasteiger charge is 2.16. The van der Waals surface area contributed by atoms with Gasteiger partial charge in [0, 0.05) is 22.2 Å². The van der Waals surface area contributed by atoms with Crippen LogP contribution in [-0.2, 0) is 16.4 Å². The number of nitrogens with two attached hydrogens (primary N) is 1. The van der Waals surface area contributed by atoms with E-state index in [9.17, 15) is 13.2 Å². The van der Waals surface area contributed by atoms with Gasteiger partial charge in [0.1, 0.15) is 4.90 Å². The number of primary sulfonamides is 1. The Bertz CT molecular complexity index is 886. The molecule has 0 unspecified atom stereocenters. The quantitative estimate of drug-likeness (QED) is 0.797. The molecule has 0 aliphatic heterocycles. The van der Waals surface area contributed by atoms with Gasteiger partial charge in [-0.1, -0.05) is 40.9 Å². The molecule has 0 heterocycles. The van der Waals surface area contributed by atoms with Crippen LogP contribution in [0.15, 0.2) is 41.3 Å². The molecule has 1 amide bonds. The second-order valence-electron chi connectivity index (χ2n) is 4.93. The Kier molecular flexibility index (Phi) is 6.11. The third-order valence-electron chi connectivity index (χ3n) is 3.19. The molecule has 0 spiro atoms. The van der Waals surface area contributed by atoms with Crippen molar-refractivity contribution in [1.29, 1.82) is 0 Å². The van der Waals surface area contributed by atoms with E-state index in [1.54, 1.807) is 18.2 Å². The van der Waals surface area contributed by atoms with Crippen LogP contribution in [0.4, 0.5) is 0 Å². The maximum absolute atomic E-state index is 12.1. The fraction of sp³-hybridized carbons (Fsp3) is 0.133. The molecule has 0 fully saturated rings. The van der Waals surface area contributed by atoms with Gasteiger partial charge in [-0.05, 0) is 42.3 Å². The van der Waals surface area contributed by atoms with Gasteiger partial charge < -0.3 is 5.32 Å². The van der Waals surface area contributed by atoms with Gasteiger partial charge in [0.2, 0.25) is 10.0 Å². The van der Waals surface area contributed by atoms with Crippen molar-refractivity contribution in [2.75, 3.05) is 6.54 Å². The highest BCUT2D eigenvalue weighted by Crippen LogP contribution is 2.22. The molecule has 0 atom stereocenters. The van der Waals surface area contributed by atoms with Crippen molar-refractivity contribution in [3.8, 4) is 0 Å². The summed E-state index contributed by atoms with van der Waals surface area (Å²) in [5.41, 5.74) is 0.980. The van der Waals surface area contributed by atoms with Crippen molar-refractivity contribution in [3.63, 3.8) is 0 Å². The van der Waals surface area contributed by atoms with E-state index in [1.807, 2.05) is 0 Å². The lowest BCUT2D eigenvalue weighted by molar-refractivity contribution is 0.0954. The van der Waals surface area contributed by atoms with Crippen LogP contribution in [-0.4, -0.2) is 20.9 Å². The van der Waals surface area contributed by atoms with E-state index in [2.05, 4.69) is 5.32 Å². The molecule has 0 saturated carbocycles. The minimum atomic E-state index is -4.00. The first kappa shape index (κ1) is 19.0. The number of halogens is 3. The van der Waals surface area contributed by atoms with Crippen LogP contribution in [0.5, 0.6) is 0 Å². The standard InChI is InChI=1S/C15H13Cl3N2O3S/c16-11-3-1-9(13(18)8-11)5-6-20-15(21)10-2-4-12(17)14(7-10)24(19,22)23/h1-4,7-8H,5-6H2,(H,20,21)(H2,19,22,23). The molecule has 2 rings (SSSR count). The minimum absolute atomic E-state index is 0.0398. The molecular formula is C15H13Cl3N2O3S.